The van der Waals surface area contributed by atoms with E-state index < -0.39 is 0 Å². The van der Waals surface area contributed by atoms with Crippen LogP contribution in [0.5, 0.6) is 0 Å². The van der Waals surface area contributed by atoms with Crippen LogP contribution in [0.4, 0.5) is 0 Å². The molecule has 0 radical (unpaired) electrons. The minimum Gasteiger partial charge on any atom is -0.317 e. The summed E-state index contributed by atoms with van der Waals surface area (Å²) in [5.41, 5.74) is 2.50. The fraction of sp³-hybridized carbons (Fsp3) is 0.529. The van der Waals surface area contributed by atoms with Gasteiger partial charge in [-0.25, -0.2) is 0 Å². The van der Waals surface area contributed by atoms with Gasteiger partial charge in [-0.15, -0.1) is 0 Å². The Balaban J connectivity index is 1.86. The van der Waals surface area contributed by atoms with Crippen LogP contribution in [0.1, 0.15) is 25.3 Å². The maximum Gasteiger partial charge on any atom is 0.0233 e. The highest BCUT2D eigenvalue weighted by Crippen LogP contribution is 2.17. The van der Waals surface area contributed by atoms with E-state index in [2.05, 4.69) is 54.1 Å². The van der Waals surface area contributed by atoms with Crippen LogP contribution < -0.4 is 5.32 Å². The standard InChI is InChI=1S/C17H26N2/c1-3-19(14-16-9-11-18-12-10-16)13-15(2)17-7-5-4-6-8-17/h4-8,16,18H,2-3,9-14H2,1H3. The molecular formula is C17H26N2. The van der Waals surface area contributed by atoms with Crippen LogP contribution in [0.2, 0.25) is 0 Å². The Morgan fingerprint density at radius 1 is 1.26 bits per heavy atom. The van der Waals surface area contributed by atoms with Crippen LogP contribution in [-0.4, -0.2) is 37.6 Å². The molecule has 19 heavy (non-hydrogen) atoms. The van der Waals surface area contributed by atoms with Crippen molar-refractivity contribution in [3.63, 3.8) is 0 Å². The summed E-state index contributed by atoms with van der Waals surface area (Å²) in [6.45, 7) is 12.2. The van der Waals surface area contributed by atoms with Crippen molar-refractivity contribution in [1.82, 2.24) is 10.2 Å². The molecule has 104 valence electrons. The molecule has 1 fully saturated rings. The predicted octanol–water partition coefficient (Wildman–Crippen LogP) is 3.02. The van der Waals surface area contributed by atoms with Gasteiger partial charge in [0, 0.05) is 13.1 Å². The lowest BCUT2D eigenvalue weighted by Gasteiger charge is -2.29. The van der Waals surface area contributed by atoms with Crippen LogP contribution in [0.3, 0.4) is 0 Å². The van der Waals surface area contributed by atoms with Crippen molar-refractivity contribution >= 4 is 5.57 Å². The molecule has 1 aliphatic rings. The lowest BCUT2D eigenvalue weighted by atomic mass is 9.97. The molecule has 0 spiro atoms. The molecule has 0 unspecified atom stereocenters. The number of hydrogen-bond donors (Lipinski definition) is 1. The Hall–Kier alpha value is -1.12. The van der Waals surface area contributed by atoms with Gasteiger partial charge in [0.15, 0.2) is 0 Å². The molecule has 2 nitrogen and oxygen atoms in total. The first-order valence-corrected chi connectivity index (χ1v) is 7.46. The second kappa shape index (κ2) is 7.46. The van der Waals surface area contributed by atoms with Gasteiger partial charge < -0.3 is 5.32 Å². The molecule has 2 heteroatoms. The molecule has 2 rings (SSSR count). The second-order valence-corrected chi connectivity index (χ2v) is 5.49. The van der Waals surface area contributed by atoms with E-state index in [1.165, 1.54) is 43.6 Å². The van der Waals surface area contributed by atoms with Gasteiger partial charge >= 0.3 is 0 Å². The van der Waals surface area contributed by atoms with Crippen molar-refractivity contribution in [2.75, 3.05) is 32.7 Å². The zero-order chi connectivity index (χ0) is 13.5. The van der Waals surface area contributed by atoms with Crippen LogP contribution in [0, 0.1) is 5.92 Å². The van der Waals surface area contributed by atoms with E-state index in [-0.39, 0.29) is 0 Å². The third-order valence-electron chi connectivity index (χ3n) is 4.02. The van der Waals surface area contributed by atoms with Crippen LogP contribution >= 0.6 is 0 Å². The Kier molecular flexibility index (Phi) is 5.62. The quantitative estimate of drug-likeness (QED) is 0.844. The van der Waals surface area contributed by atoms with E-state index in [0.717, 1.165) is 19.0 Å². The second-order valence-electron chi connectivity index (χ2n) is 5.49. The monoisotopic (exact) mass is 258 g/mol. The Morgan fingerprint density at radius 3 is 2.58 bits per heavy atom. The normalized spacial score (nSPS) is 16.7. The summed E-state index contributed by atoms with van der Waals surface area (Å²) in [6.07, 6.45) is 2.63. The fourth-order valence-electron chi connectivity index (χ4n) is 2.77. The molecule has 1 aromatic rings. The minimum atomic E-state index is 0.852. The molecule has 1 N–H and O–H groups in total. The zero-order valence-electron chi connectivity index (χ0n) is 12.1. The third-order valence-corrected chi connectivity index (χ3v) is 4.02. The van der Waals surface area contributed by atoms with Gasteiger partial charge in [0.1, 0.15) is 0 Å². The number of rotatable bonds is 6. The summed E-state index contributed by atoms with van der Waals surface area (Å²) in [6, 6.07) is 10.5. The lowest BCUT2D eigenvalue weighted by Crippen LogP contribution is -2.36. The molecule has 0 saturated carbocycles. The third kappa shape index (κ3) is 4.48. The maximum absolute atomic E-state index is 4.25. The Bertz CT molecular complexity index is 380. The number of piperidine rings is 1. The van der Waals surface area contributed by atoms with E-state index in [0.29, 0.717) is 0 Å². The average molecular weight is 258 g/mol. The van der Waals surface area contributed by atoms with Gasteiger partial charge in [0.2, 0.25) is 0 Å². The van der Waals surface area contributed by atoms with Gasteiger partial charge in [-0.3, -0.25) is 4.90 Å². The number of nitrogens with one attached hydrogen (secondary N) is 1. The summed E-state index contributed by atoms with van der Waals surface area (Å²) >= 11 is 0. The largest absolute Gasteiger partial charge is 0.317 e. The summed E-state index contributed by atoms with van der Waals surface area (Å²) in [4.78, 5) is 2.53. The number of nitrogens with zero attached hydrogens (tertiary/aromatic N) is 1. The average Bonchev–Trinajstić information content (AvgIpc) is 2.48. The Labute approximate surface area is 117 Å². The van der Waals surface area contributed by atoms with Crippen molar-refractivity contribution in [1.29, 1.82) is 0 Å². The molecule has 1 saturated heterocycles. The molecule has 1 aliphatic heterocycles. The highest BCUT2D eigenvalue weighted by Gasteiger charge is 2.16. The molecule has 0 aromatic heterocycles. The predicted molar refractivity (Wildman–Crippen MR) is 83.2 cm³/mol. The smallest absolute Gasteiger partial charge is 0.0233 e. The molecule has 0 atom stereocenters. The summed E-state index contributed by atoms with van der Waals surface area (Å²) < 4.78 is 0. The van der Waals surface area contributed by atoms with E-state index in [1.807, 2.05) is 0 Å². The van der Waals surface area contributed by atoms with Gasteiger partial charge in [-0.05, 0) is 49.5 Å². The van der Waals surface area contributed by atoms with Crippen molar-refractivity contribution in [3.05, 3.63) is 42.5 Å². The topological polar surface area (TPSA) is 15.3 Å². The zero-order valence-corrected chi connectivity index (χ0v) is 12.1. The minimum absolute atomic E-state index is 0.852. The highest BCUT2D eigenvalue weighted by atomic mass is 15.1. The first kappa shape index (κ1) is 14.3. The maximum atomic E-state index is 4.25. The summed E-state index contributed by atoms with van der Waals surface area (Å²) in [5, 5.41) is 3.44. The molecule has 0 amide bonds. The molecule has 0 bridgehead atoms. The van der Waals surface area contributed by atoms with Crippen LogP contribution in [0.15, 0.2) is 36.9 Å². The highest BCUT2D eigenvalue weighted by molar-refractivity contribution is 5.64. The Morgan fingerprint density at radius 2 is 1.95 bits per heavy atom. The van der Waals surface area contributed by atoms with E-state index in [4.69, 9.17) is 0 Å². The van der Waals surface area contributed by atoms with Crippen LogP contribution in [0.25, 0.3) is 5.57 Å². The van der Waals surface area contributed by atoms with E-state index >= 15 is 0 Å². The van der Waals surface area contributed by atoms with E-state index in [1.54, 1.807) is 0 Å². The summed E-state index contributed by atoms with van der Waals surface area (Å²) in [7, 11) is 0. The number of likely N-dealkylation sites (N-methyl/N-ethyl adjacent to an activating group) is 1. The molecule has 1 heterocycles. The molecule has 0 aliphatic carbocycles. The molecular weight excluding hydrogens is 232 g/mol. The van der Waals surface area contributed by atoms with Crippen molar-refractivity contribution in [3.8, 4) is 0 Å². The van der Waals surface area contributed by atoms with Crippen molar-refractivity contribution in [2.45, 2.75) is 19.8 Å². The number of benzene rings is 1. The van der Waals surface area contributed by atoms with Crippen LogP contribution in [-0.2, 0) is 0 Å². The number of hydrogen-bond acceptors (Lipinski definition) is 2. The first-order valence-electron chi connectivity index (χ1n) is 7.46. The SMILES string of the molecule is C=C(CN(CC)CC1CCNCC1)c1ccccc1. The lowest BCUT2D eigenvalue weighted by molar-refractivity contribution is 0.233. The summed E-state index contributed by atoms with van der Waals surface area (Å²) in [5.74, 6) is 0.852. The van der Waals surface area contributed by atoms with Gasteiger partial charge in [0.25, 0.3) is 0 Å². The first-order chi connectivity index (χ1) is 9.29. The van der Waals surface area contributed by atoms with Gasteiger partial charge in [-0.1, -0.05) is 43.8 Å². The van der Waals surface area contributed by atoms with Crippen molar-refractivity contribution in [2.24, 2.45) is 5.92 Å². The van der Waals surface area contributed by atoms with Gasteiger partial charge in [-0.2, -0.15) is 0 Å². The molecule has 1 aromatic carbocycles. The van der Waals surface area contributed by atoms with Crippen molar-refractivity contribution < 1.29 is 0 Å². The van der Waals surface area contributed by atoms with E-state index in [9.17, 15) is 0 Å². The van der Waals surface area contributed by atoms with Gasteiger partial charge in [0.05, 0.1) is 0 Å². The fourth-order valence-corrected chi connectivity index (χ4v) is 2.77.